The van der Waals surface area contributed by atoms with E-state index in [1.54, 1.807) is 109 Å². The first-order chi connectivity index (χ1) is 24.1. The van der Waals surface area contributed by atoms with Crippen LogP contribution in [0.4, 0.5) is 13.6 Å². The molecule has 52 heavy (non-hydrogen) atoms. The quantitative estimate of drug-likeness (QED) is 0.143. The van der Waals surface area contributed by atoms with E-state index in [2.05, 4.69) is 16.0 Å². The van der Waals surface area contributed by atoms with E-state index in [1.807, 2.05) is 5.32 Å². The molecule has 2 aromatic carbocycles. The zero-order valence-electron chi connectivity index (χ0n) is 31.1. The van der Waals surface area contributed by atoms with Crippen LogP contribution in [0.1, 0.15) is 72.9 Å². The van der Waals surface area contributed by atoms with E-state index in [-0.39, 0.29) is 19.4 Å². The van der Waals surface area contributed by atoms with Crippen molar-refractivity contribution in [3.05, 3.63) is 71.8 Å². The van der Waals surface area contributed by atoms with Crippen LogP contribution in [-0.4, -0.2) is 71.1 Å². The van der Waals surface area contributed by atoms with Gasteiger partial charge in [0.2, 0.25) is 23.5 Å². The van der Waals surface area contributed by atoms with Gasteiger partial charge in [0, 0.05) is 13.0 Å². The zero-order chi connectivity index (χ0) is 39.4. The van der Waals surface area contributed by atoms with Crippen LogP contribution in [0.2, 0.25) is 0 Å². The molecule has 3 unspecified atom stereocenters. The average molecular weight is 730 g/mol. The van der Waals surface area contributed by atoms with Crippen molar-refractivity contribution >= 4 is 35.4 Å². The molecule has 0 aliphatic rings. The van der Waals surface area contributed by atoms with Crippen molar-refractivity contribution in [1.29, 1.82) is 0 Å². The van der Waals surface area contributed by atoms with Gasteiger partial charge in [-0.2, -0.15) is 8.78 Å². The number of halogens is 2. The summed E-state index contributed by atoms with van der Waals surface area (Å²) in [5, 5.41) is 9.27. The number of amides is 4. The molecule has 12 nitrogen and oxygen atoms in total. The van der Waals surface area contributed by atoms with Crippen LogP contribution in [-0.2, 0) is 41.7 Å². The Hall–Kier alpha value is -4.72. The Morgan fingerprint density at radius 2 is 1.27 bits per heavy atom. The zero-order valence-corrected chi connectivity index (χ0v) is 31.1. The number of carbonyl (C=O) groups excluding carboxylic acids is 6. The SMILES string of the molecule is CC(C)CC(NC(=O)[C@H](Cc1ccccc1)NC(=O)OC(C)(C)C)C(=O)C(F)(F)C(NC(=O)[C@@H](N)C(C)C)C(=O)C(C)C(=O)NCc1ccccc1. The fourth-order valence-electron chi connectivity index (χ4n) is 5.06. The van der Waals surface area contributed by atoms with Gasteiger partial charge in [-0.3, -0.25) is 24.0 Å². The lowest BCUT2D eigenvalue weighted by Crippen LogP contribution is -2.64. The van der Waals surface area contributed by atoms with Crippen molar-refractivity contribution < 1.29 is 42.3 Å². The second kappa shape index (κ2) is 19.2. The van der Waals surface area contributed by atoms with Gasteiger partial charge in [0.05, 0.1) is 18.0 Å². The summed E-state index contributed by atoms with van der Waals surface area (Å²) in [6.45, 7) is 12.3. The van der Waals surface area contributed by atoms with Gasteiger partial charge < -0.3 is 31.7 Å². The van der Waals surface area contributed by atoms with Crippen molar-refractivity contribution in [2.24, 2.45) is 23.5 Å². The second-order valence-electron chi connectivity index (χ2n) is 14.6. The molecule has 14 heteroatoms. The van der Waals surface area contributed by atoms with Crippen molar-refractivity contribution in [2.45, 2.75) is 110 Å². The first-order valence-corrected chi connectivity index (χ1v) is 17.3. The van der Waals surface area contributed by atoms with Crippen LogP contribution in [0.25, 0.3) is 0 Å². The predicted octanol–water partition coefficient (Wildman–Crippen LogP) is 3.85. The first kappa shape index (κ1) is 43.4. The number of nitrogens with one attached hydrogen (secondary N) is 4. The summed E-state index contributed by atoms with van der Waals surface area (Å²) in [5.41, 5.74) is 6.29. The molecule has 0 heterocycles. The highest BCUT2D eigenvalue weighted by Crippen LogP contribution is 2.27. The molecule has 0 aliphatic carbocycles. The minimum Gasteiger partial charge on any atom is -0.444 e. The minimum atomic E-state index is -4.63. The number of alkyl carbamates (subject to hydrolysis) is 1. The van der Waals surface area contributed by atoms with Gasteiger partial charge in [-0.1, -0.05) is 88.4 Å². The molecule has 0 saturated heterocycles. The molecule has 0 aliphatic heterocycles. The Kier molecular flexibility index (Phi) is 16.0. The summed E-state index contributed by atoms with van der Waals surface area (Å²) in [4.78, 5) is 80.0. The van der Waals surface area contributed by atoms with Crippen LogP contribution in [0.5, 0.6) is 0 Å². The van der Waals surface area contributed by atoms with Gasteiger partial charge in [-0.15, -0.1) is 0 Å². The summed E-state index contributed by atoms with van der Waals surface area (Å²) in [6.07, 6.45) is -1.32. The Morgan fingerprint density at radius 1 is 0.731 bits per heavy atom. The summed E-state index contributed by atoms with van der Waals surface area (Å²) in [5.74, 6) is -13.6. The van der Waals surface area contributed by atoms with Crippen molar-refractivity contribution in [3.8, 4) is 0 Å². The molecule has 2 aromatic rings. The number of Topliss-reactive ketones (excluding diaryl/α,β-unsaturated/α-hetero) is 2. The molecule has 0 bridgehead atoms. The molecule has 0 spiro atoms. The number of nitrogens with two attached hydrogens (primary N) is 1. The third kappa shape index (κ3) is 13.4. The van der Waals surface area contributed by atoms with Gasteiger partial charge in [0.1, 0.15) is 11.6 Å². The van der Waals surface area contributed by atoms with Gasteiger partial charge >= 0.3 is 12.0 Å². The molecule has 2 rings (SSSR count). The van der Waals surface area contributed by atoms with Crippen LogP contribution >= 0.6 is 0 Å². The van der Waals surface area contributed by atoms with Gasteiger partial charge in [0.15, 0.2) is 11.8 Å². The number of alkyl halides is 2. The number of ketones is 2. The topological polar surface area (TPSA) is 186 Å². The average Bonchev–Trinajstić information content (AvgIpc) is 3.07. The molecule has 6 N–H and O–H groups in total. The fraction of sp³-hybridized carbons (Fsp3) is 0.526. The lowest BCUT2D eigenvalue weighted by Gasteiger charge is -2.32. The third-order valence-electron chi connectivity index (χ3n) is 8.04. The van der Waals surface area contributed by atoms with E-state index in [9.17, 15) is 28.8 Å². The number of hydrogen-bond acceptors (Lipinski definition) is 8. The van der Waals surface area contributed by atoms with E-state index in [4.69, 9.17) is 10.5 Å². The summed E-state index contributed by atoms with van der Waals surface area (Å²) >= 11 is 0. The first-order valence-electron chi connectivity index (χ1n) is 17.3. The Labute approximate surface area is 304 Å². The number of ether oxygens (including phenoxy) is 1. The van der Waals surface area contributed by atoms with E-state index in [1.165, 1.54) is 0 Å². The van der Waals surface area contributed by atoms with Crippen LogP contribution < -0.4 is 27.0 Å². The van der Waals surface area contributed by atoms with Gasteiger partial charge in [0.25, 0.3) is 0 Å². The molecular weight excluding hydrogens is 676 g/mol. The Morgan fingerprint density at radius 3 is 1.77 bits per heavy atom. The monoisotopic (exact) mass is 729 g/mol. The van der Waals surface area contributed by atoms with Crippen LogP contribution in [0.15, 0.2) is 60.7 Å². The smallest absolute Gasteiger partial charge is 0.408 e. The lowest BCUT2D eigenvalue weighted by atomic mass is 9.87. The Balaban J connectivity index is 2.46. The van der Waals surface area contributed by atoms with E-state index < -0.39 is 88.8 Å². The number of hydrogen-bond donors (Lipinski definition) is 5. The highest BCUT2D eigenvalue weighted by Gasteiger charge is 2.55. The number of benzene rings is 2. The standard InChI is InChI=1S/C38H53F2N5O7/c1-22(2)19-27(43-34(49)28(20-25-15-11-9-12-16-25)44-36(51)52-37(6,7)8)32(47)38(39,40)31(45-35(50)29(41)23(3)4)30(46)24(5)33(48)42-21-26-17-13-10-14-18-26/h9-18,22-24,27-29,31H,19-21,41H2,1-8H3,(H,42,48)(H,43,49)(H,44,51)(H,45,50)/t24?,27?,28-,29-,31?/m0/s1. The molecule has 4 amide bonds. The molecule has 0 fully saturated rings. The van der Waals surface area contributed by atoms with E-state index in [0.717, 1.165) is 6.92 Å². The fourth-order valence-corrected chi connectivity index (χ4v) is 5.06. The molecule has 0 saturated carbocycles. The Bertz CT molecular complexity index is 1530. The van der Waals surface area contributed by atoms with Gasteiger partial charge in [-0.05, 0) is 57.1 Å². The largest absolute Gasteiger partial charge is 0.444 e. The highest BCUT2D eigenvalue weighted by atomic mass is 19.3. The molecule has 5 atom stereocenters. The third-order valence-corrected chi connectivity index (χ3v) is 8.04. The summed E-state index contributed by atoms with van der Waals surface area (Å²) in [6, 6.07) is 9.85. The lowest BCUT2D eigenvalue weighted by molar-refractivity contribution is -0.160. The number of rotatable bonds is 18. The normalized spacial score (nSPS) is 14.7. The maximum atomic E-state index is 16.5. The van der Waals surface area contributed by atoms with Crippen LogP contribution in [0.3, 0.4) is 0 Å². The maximum Gasteiger partial charge on any atom is 0.408 e. The summed E-state index contributed by atoms with van der Waals surface area (Å²) in [7, 11) is 0. The van der Waals surface area contributed by atoms with Gasteiger partial charge in [-0.25, -0.2) is 4.79 Å². The van der Waals surface area contributed by atoms with E-state index >= 15 is 8.78 Å². The maximum absolute atomic E-state index is 16.5. The van der Waals surface area contributed by atoms with Crippen molar-refractivity contribution in [3.63, 3.8) is 0 Å². The van der Waals surface area contributed by atoms with E-state index in [0.29, 0.717) is 11.1 Å². The highest BCUT2D eigenvalue weighted by molar-refractivity contribution is 6.09. The predicted molar refractivity (Wildman–Crippen MR) is 192 cm³/mol. The van der Waals surface area contributed by atoms with Crippen molar-refractivity contribution in [1.82, 2.24) is 21.3 Å². The molecular formula is C38H53F2N5O7. The molecule has 0 aromatic heterocycles. The molecule has 0 radical (unpaired) electrons. The minimum absolute atomic E-state index is 0.00810. The molecule has 286 valence electrons. The number of carbonyl (C=O) groups is 6. The summed E-state index contributed by atoms with van der Waals surface area (Å²) < 4.78 is 38.4. The van der Waals surface area contributed by atoms with Crippen LogP contribution in [0, 0.1) is 17.8 Å². The van der Waals surface area contributed by atoms with Crippen molar-refractivity contribution in [2.75, 3.05) is 0 Å². The second-order valence-corrected chi connectivity index (χ2v) is 14.6.